The maximum absolute atomic E-state index is 13.6. The molecular weight excluding hydrogens is 253 g/mol. The highest BCUT2D eigenvalue weighted by Crippen LogP contribution is 2.14. The highest BCUT2D eigenvalue weighted by atomic mass is 28.4. The molecule has 7 heteroatoms. The molecule has 0 atom stereocenters. The van der Waals surface area contributed by atoms with Gasteiger partial charge >= 0.3 is 8.80 Å². The average molecular weight is 266 g/mol. The van der Waals surface area contributed by atoms with Crippen molar-refractivity contribution in [1.82, 2.24) is 0 Å². The van der Waals surface area contributed by atoms with Gasteiger partial charge in [0, 0.05) is 26.9 Å². The third-order valence-corrected chi connectivity index (χ3v) is 5.00. The largest absolute Gasteiger partial charge is 0.539 e. The van der Waals surface area contributed by atoms with Crippen LogP contribution >= 0.6 is 0 Å². The Hall–Kier alpha value is -0.893. The molecule has 1 rings (SSSR count). The molecule has 3 nitrogen and oxygen atoms in total. The van der Waals surface area contributed by atoms with Gasteiger partial charge in [-0.15, -0.1) is 0 Å². The minimum atomic E-state index is -3.50. The first kappa shape index (κ1) is 14.2. The molecule has 96 valence electrons. The van der Waals surface area contributed by atoms with Crippen LogP contribution in [0.4, 0.5) is 13.2 Å². The fourth-order valence-corrected chi connectivity index (χ4v) is 3.49. The van der Waals surface area contributed by atoms with Crippen molar-refractivity contribution in [2.75, 3.05) is 20.8 Å². The van der Waals surface area contributed by atoms with Crippen LogP contribution in [-0.2, 0) is 13.3 Å². The van der Waals surface area contributed by atoms with E-state index in [9.17, 15) is 13.2 Å². The number of hydrogen-bond donors (Lipinski definition) is 0. The summed E-state index contributed by atoms with van der Waals surface area (Å²) in [5.74, 6) is -3.39. The van der Waals surface area contributed by atoms with E-state index in [1.165, 1.54) is 14.2 Å². The molecule has 0 fully saturated rings. The Morgan fingerprint density at radius 3 is 2.00 bits per heavy atom. The molecule has 0 spiro atoms. The topological polar surface area (TPSA) is 27.7 Å². The molecule has 0 saturated carbocycles. The van der Waals surface area contributed by atoms with E-state index in [2.05, 4.69) is 0 Å². The lowest BCUT2D eigenvalue weighted by Gasteiger charge is -2.26. The monoisotopic (exact) mass is 266 g/mol. The first-order chi connectivity index (χ1) is 8.00. The molecule has 0 unspecified atom stereocenters. The highest BCUT2D eigenvalue weighted by Gasteiger charge is 2.44. The van der Waals surface area contributed by atoms with E-state index in [4.69, 9.17) is 13.3 Å². The number of hydrogen-bond acceptors (Lipinski definition) is 3. The second-order valence-electron chi connectivity index (χ2n) is 3.14. The molecule has 0 aliphatic rings. The van der Waals surface area contributed by atoms with E-state index in [-0.39, 0.29) is 11.8 Å². The molecule has 0 amide bonds. The van der Waals surface area contributed by atoms with Gasteiger partial charge in [-0.3, -0.25) is 0 Å². The number of halogens is 3. The van der Waals surface area contributed by atoms with Crippen molar-refractivity contribution in [3.05, 3.63) is 29.6 Å². The lowest BCUT2D eigenvalue weighted by molar-refractivity contribution is 0.119. The summed E-state index contributed by atoms with van der Waals surface area (Å²) in [4.78, 5) is 0. The average Bonchev–Trinajstić information content (AvgIpc) is 2.31. The van der Waals surface area contributed by atoms with E-state index < -0.39 is 26.3 Å². The molecule has 1 aromatic rings. The SMILES string of the molecule is CCO[Si](OC)(OC)c1cc(F)c(F)cc1F. The van der Waals surface area contributed by atoms with Gasteiger partial charge in [0.2, 0.25) is 0 Å². The van der Waals surface area contributed by atoms with Gasteiger partial charge in [-0.05, 0) is 13.0 Å². The van der Waals surface area contributed by atoms with Gasteiger partial charge in [-0.25, -0.2) is 13.2 Å². The molecule has 0 saturated heterocycles. The molecule has 0 heterocycles. The normalized spacial score (nSPS) is 11.9. The van der Waals surface area contributed by atoms with Crippen LogP contribution in [0.1, 0.15) is 6.92 Å². The summed E-state index contributed by atoms with van der Waals surface area (Å²) in [6.45, 7) is 1.86. The van der Waals surface area contributed by atoms with Crippen molar-refractivity contribution in [1.29, 1.82) is 0 Å². The van der Waals surface area contributed by atoms with Crippen LogP contribution in [-0.4, -0.2) is 29.6 Å². The fraction of sp³-hybridized carbons (Fsp3) is 0.400. The minimum Gasteiger partial charge on any atom is -0.373 e. The predicted octanol–water partition coefficient (Wildman–Crippen LogP) is 1.58. The van der Waals surface area contributed by atoms with Crippen molar-refractivity contribution in [3.8, 4) is 0 Å². The van der Waals surface area contributed by atoms with Crippen LogP contribution in [0.2, 0.25) is 0 Å². The lowest BCUT2D eigenvalue weighted by atomic mass is 10.3. The summed E-state index contributed by atoms with van der Waals surface area (Å²) in [7, 11) is -0.960. The predicted molar refractivity (Wildman–Crippen MR) is 57.3 cm³/mol. The van der Waals surface area contributed by atoms with Crippen molar-refractivity contribution in [2.45, 2.75) is 6.92 Å². The standard InChI is InChI=1S/C10H13F3O3Si/c1-4-16-17(14-2,15-3)10-6-8(12)7(11)5-9(10)13/h5-6H,4H2,1-3H3. The molecule has 0 N–H and O–H groups in total. The molecule has 1 aromatic carbocycles. The summed E-state index contributed by atoms with van der Waals surface area (Å²) in [5, 5.41) is -0.219. The van der Waals surface area contributed by atoms with Crippen LogP contribution in [0.15, 0.2) is 12.1 Å². The number of rotatable bonds is 5. The number of benzene rings is 1. The summed E-state index contributed by atoms with van der Waals surface area (Å²) in [5.41, 5.74) is 0. The molecule has 0 bridgehead atoms. The summed E-state index contributed by atoms with van der Waals surface area (Å²) in [6.07, 6.45) is 0. The zero-order chi connectivity index (χ0) is 13.1. The van der Waals surface area contributed by atoms with Crippen molar-refractivity contribution in [3.63, 3.8) is 0 Å². The van der Waals surface area contributed by atoms with Crippen LogP contribution in [0.5, 0.6) is 0 Å². The molecule has 0 aliphatic carbocycles. The minimum absolute atomic E-state index is 0.201. The van der Waals surface area contributed by atoms with Gasteiger partial charge in [0.1, 0.15) is 5.82 Å². The molecule has 0 radical (unpaired) electrons. The fourth-order valence-electron chi connectivity index (χ4n) is 1.45. The zero-order valence-corrected chi connectivity index (χ0v) is 10.7. The summed E-state index contributed by atoms with van der Waals surface area (Å²) in [6, 6.07) is 1.16. The Morgan fingerprint density at radius 2 is 1.53 bits per heavy atom. The smallest absolute Gasteiger partial charge is 0.373 e. The Balaban J connectivity index is 3.32. The van der Waals surface area contributed by atoms with Gasteiger partial charge in [0.05, 0.1) is 5.19 Å². The van der Waals surface area contributed by atoms with Gasteiger partial charge in [0.15, 0.2) is 11.6 Å². The second-order valence-corrected chi connectivity index (χ2v) is 5.90. The van der Waals surface area contributed by atoms with Gasteiger partial charge < -0.3 is 13.3 Å². The molecule has 17 heavy (non-hydrogen) atoms. The van der Waals surface area contributed by atoms with Gasteiger partial charge in [-0.2, -0.15) is 0 Å². The maximum atomic E-state index is 13.6. The van der Waals surface area contributed by atoms with Gasteiger partial charge in [-0.1, -0.05) is 0 Å². The first-order valence-electron chi connectivity index (χ1n) is 4.90. The van der Waals surface area contributed by atoms with Crippen LogP contribution in [0.3, 0.4) is 0 Å². The second kappa shape index (κ2) is 5.63. The highest BCUT2D eigenvalue weighted by molar-refractivity contribution is 6.75. The van der Waals surface area contributed by atoms with Crippen molar-refractivity contribution in [2.24, 2.45) is 0 Å². The lowest BCUT2D eigenvalue weighted by Crippen LogP contribution is -2.57. The van der Waals surface area contributed by atoms with Crippen LogP contribution < -0.4 is 5.19 Å². The first-order valence-corrected chi connectivity index (χ1v) is 6.62. The van der Waals surface area contributed by atoms with E-state index in [1.54, 1.807) is 6.92 Å². The van der Waals surface area contributed by atoms with E-state index in [1.807, 2.05) is 0 Å². The zero-order valence-electron chi connectivity index (χ0n) is 9.72. The van der Waals surface area contributed by atoms with E-state index in [0.29, 0.717) is 12.1 Å². The van der Waals surface area contributed by atoms with Crippen LogP contribution in [0.25, 0.3) is 0 Å². The third-order valence-electron chi connectivity index (χ3n) is 2.21. The maximum Gasteiger partial charge on any atom is 0.539 e. The van der Waals surface area contributed by atoms with E-state index >= 15 is 0 Å². The summed E-state index contributed by atoms with van der Waals surface area (Å²) < 4.78 is 54.9. The van der Waals surface area contributed by atoms with Crippen LogP contribution in [0, 0.1) is 17.5 Å². The quantitative estimate of drug-likeness (QED) is 0.598. The molecule has 0 aromatic heterocycles. The Kier molecular flexibility index (Phi) is 4.69. The molecular formula is C10H13F3O3Si. The Labute approximate surface area is 98.5 Å². The Morgan fingerprint density at radius 1 is 1.00 bits per heavy atom. The molecule has 0 aliphatic heterocycles. The Bertz CT molecular complexity index is 397. The van der Waals surface area contributed by atoms with E-state index in [0.717, 1.165) is 0 Å². The van der Waals surface area contributed by atoms with Crippen molar-refractivity contribution >= 4 is 14.0 Å². The van der Waals surface area contributed by atoms with Gasteiger partial charge in [0.25, 0.3) is 0 Å². The third kappa shape index (κ3) is 2.68. The summed E-state index contributed by atoms with van der Waals surface area (Å²) >= 11 is 0. The van der Waals surface area contributed by atoms with Crippen molar-refractivity contribution < 1.29 is 26.4 Å².